The monoisotopic (exact) mass is 304 g/mol. The van der Waals surface area contributed by atoms with E-state index in [-0.39, 0.29) is 0 Å². The van der Waals surface area contributed by atoms with Crippen molar-refractivity contribution in [2.45, 2.75) is 103 Å². The maximum Gasteiger partial charge on any atom is 0.169 e. The van der Waals surface area contributed by atoms with Crippen LogP contribution in [-0.4, -0.2) is 0 Å². The highest BCUT2D eigenvalue weighted by Gasteiger charge is 2.09. The van der Waals surface area contributed by atoms with Gasteiger partial charge in [0.05, 0.1) is 0 Å². The molecule has 1 rings (SSSR count). The fourth-order valence-corrected chi connectivity index (χ4v) is 3.14. The van der Waals surface area contributed by atoms with Crippen LogP contribution in [-0.2, 0) is 0 Å². The van der Waals surface area contributed by atoms with E-state index in [0.29, 0.717) is 6.04 Å². The minimum Gasteiger partial charge on any atom is -0.203 e. The molecule has 0 bridgehead atoms. The molecule has 0 radical (unpaired) electrons. The number of nitrogens with zero attached hydrogens (tertiary/aromatic N) is 1. The van der Waals surface area contributed by atoms with Gasteiger partial charge >= 0.3 is 0 Å². The van der Waals surface area contributed by atoms with Crippen LogP contribution < -0.4 is 4.57 Å². The van der Waals surface area contributed by atoms with Crippen molar-refractivity contribution in [3.8, 4) is 0 Å². The largest absolute Gasteiger partial charge is 0.203 e. The molecule has 0 fully saturated rings. The van der Waals surface area contributed by atoms with Gasteiger partial charge in [0.1, 0.15) is 0 Å². The molecule has 0 spiro atoms. The summed E-state index contributed by atoms with van der Waals surface area (Å²) in [5, 5.41) is 0. The average molecular weight is 305 g/mol. The molecule has 1 atom stereocenters. The summed E-state index contributed by atoms with van der Waals surface area (Å²) in [4.78, 5) is 0. The molecule has 0 aromatic carbocycles. The Kier molecular flexibility index (Phi) is 12.0. The summed E-state index contributed by atoms with van der Waals surface area (Å²) in [6.45, 7) is 4.62. The van der Waals surface area contributed by atoms with E-state index >= 15 is 0 Å². The fourth-order valence-electron chi connectivity index (χ4n) is 3.14. The summed E-state index contributed by atoms with van der Waals surface area (Å²) in [6, 6.07) is 6.98. The van der Waals surface area contributed by atoms with Crippen LogP contribution in [0.15, 0.2) is 30.6 Å². The summed E-state index contributed by atoms with van der Waals surface area (Å²) in [6.07, 6.45) is 22.9. The minimum absolute atomic E-state index is 0.643. The van der Waals surface area contributed by atoms with E-state index in [2.05, 4.69) is 49.0 Å². The highest BCUT2D eigenvalue weighted by atomic mass is 15.0. The van der Waals surface area contributed by atoms with Crippen molar-refractivity contribution in [2.24, 2.45) is 0 Å². The van der Waals surface area contributed by atoms with Crippen LogP contribution in [0.1, 0.15) is 103 Å². The molecule has 1 heteroatoms. The van der Waals surface area contributed by atoms with Crippen LogP contribution in [0.25, 0.3) is 0 Å². The normalized spacial score (nSPS) is 12.5. The average Bonchev–Trinajstić information content (AvgIpc) is 2.56. The highest BCUT2D eigenvalue weighted by Crippen LogP contribution is 2.14. The molecule has 0 amide bonds. The number of hydrogen-bond acceptors (Lipinski definition) is 0. The van der Waals surface area contributed by atoms with Crippen molar-refractivity contribution in [2.75, 3.05) is 0 Å². The molecule has 0 aliphatic rings. The van der Waals surface area contributed by atoms with Crippen LogP contribution in [0.2, 0.25) is 0 Å². The standard InChI is InChI=1S/C21H38N/c1-3-4-5-6-7-8-9-10-11-12-13-15-18-21(2)22-19-16-14-17-20-22/h14,16-17,19-21H,3-13,15,18H2,1-2H3/q+1. The van der Waals surface area contributed by atoms with Gasteiger partial charge in [0.25, 0.3) is 0 Å². The molecule has 1 aromatic rings. The number of hydrogen-bond donors (Lipinski definition) is 0. The summed E-state index contributed by atoms with van der Waals surface area (Å²) >= 11 is 0. The maximum atomic E-state index is 2.33. The van der Waals surface area contributed by atoms with E-state index < -0.39 is 0 Å². The van der Waals surface area contributed by atoms with E-state index in [4.69, 9.17) is 0 Å². The fraction of sp³-hybridized carbons (Fsp3) is 0.762. The molecular weight excluding hydrogens is 266 g/mol. The van der Waals surface area contributed by atoms with Gasteiger partial charge in [0.15, 0.2) is 18.4 Å². The summed E-state index contributed by atoms with van der Waals surface area (Å²) in [5.74, 6) is 0. The lowest BCUT2D eigenvalue weighted by Gasteiger charge is -2.07. The van der Waals surface area contributed by atoms with Crippen LogP contribution in [0, 0.1) is 0 Å². The lowest BCUT2D eigenvalue weighted by Crippen LogP contribution is -2.36. The van der Waals surface area contributed by atoms with Gasteiger partial charge in [-0.25, -0.2) is 4.57 Å². The third-order valence-electron chi connectivity index (χ3n) is 4.72. The molecule has 1 unspecified atom stereocenters. The lowest BCUT2D eigenvalue weighted by molar-refractivity contribution is -0.720. The number of unbranched alkanes of at least 4 members (excludes halogenated alkanes) is 11. The van der Waals surface area contributed by atoms with Crippen molar-refractivity contribution in [3.05, 3.63) is 30.6 Å². The zero-order valence-electron chi connectivity index (χ0n) is 15.1. The first kappa shape index (κ1) is 19.2. The molecule has 1 nitrogen and oxygen atoms in total. The van der Waals surface area contributed by atoms with Crippen LogP contribution in [0.5, 0.6) is 0 Å². The summed E-state index contributed by atoms with van der Waals surface area (Å²) in [7, 11) is 0. The van der Waals surface area contributed by atoms with Gasteiger partial charge in [-0.1, -0.05) is 83.6 Å². The van der Waals surface area contributed by atoms with Gasteiger partial charge in [-0.15, -0.1) is 0 Å². The molecule has 126 valence electrons. The molecule has 0 saturated carbocycles. The van der Waals surface area contributed by atoms with E-state index in [0.717, 1.165) is 0 Å². The smallest absolute Gasteiger partial charge is 0.169 e. The Labute approximate surface area is 139 Å². The van der Waals surface area contributed by atoms with Crippen LogP contribution in [0.3, 0.4) is 0 Å². The second kappa shape index (κ2) is 13.8. The molecule has 0 aliphatic carbocycles. The van der Waals surface area contributed by atoms with E-state index in [1.807, 2.05) is 0 Å². The summed E-state index contributed by atoms with van der Waals surface area (Å²) < 4.78 is 2.33. The van der Waals surface area contributed by atoms with Crippen molar-refractivity contribution in [3.63, 3.8) is 0 Å². The van der Waals surface area contributed by atoms with Gasteiger partial charge in [-0.2, -0.15) is 0 Å². The lowest BCUT2D eigenvalue weighted by atomic mass is 10.0. The first-order chi connectivity index (χ1) is 10.8. The Morgan fingerprint density at radius 2 is 1.09 bits per heavy atom. The zero-order chi connectivity index (χ0) is 15.9. The highest BCUT2D eigenvalue weighted by molar-refractivity contribution is 4.83. The molecule has 0 saturated heterocycles. The Morgan fingerprint density at radius 3 is 1.59 bits per heavy atom. The second-order valence-corrected chi connectivity index (χ2v) is 6.85. The maximum absolute atomic E-state index is 2.33. The van der Waals surface area contributed by atoms with Gasteiger partial charge < -0.3 is 0 Å². The van der Waals surface area contributed by atoms with E-state index in [1.165, 1.54) is 83.5 Å². The van der Waals surface area contributed by atoms with Crippen molar-refractivity contribution in [1.29, 1.82) is 0 Å². The minimum atomic E-state index is 0.643. The third kappa shape index (κ3) is 9.97. The molecule has 1 heterocycles. The van der Waals surface area contributed by atoms with E-state index in [9.17, 15) is 0 Å². The van der Waals surface area contributed by atoms with E-state index in [1.54, 1.807) is 0 Å². The third-order valence-corrected chi connectivity index (χ3v) is 4.72. The molecule has 1 aromatic heterocycles. The van der Waals surface area contributed by atoms with Crippen LogP contribution in [0.4, 0.5) is 0 Å². The van der Waals surface area contributed by atoms with Gasteiger partial charge in [0.2, 0.25) is 0 Å². The second-order valence-electron chi connectivity index (χ2n) is 6.85. The molecular formula is C21H38N+. The Balaban J connectivity index is 1.84. The number of pyridine rings is 1. The van der Waals surface area contributed by atoms with Gasteiger partial charge in [0, 0.05) is 18.6 Å². The van der Waals surface area contributed by atoms with Crippen molar-refractivity contribution >= 4 is 0 Å². The van der Waals surface area contributed by atoms with Gasteiger partial charge in [-0.05, 0) is 13.3 Å². The first-order valence-corrected chi connectivity index (χ1v) is 9.80. The molecule has 0 aliphatic heterocycles. The summed E-state index contributed by atoms with van der Waals surface area (Å²) in [5.41, 5.74) is 0. The predicted octanol–water partition coefficient (Wildman–Crippen LogP) is 6.63. The SMILES string of the molecule is CCCCCCCCCCCCCCC(C)[n+]1ccccc1. The number of aromatic nitrogens is 1. The molecule has 0 N–H and O–H groups in total. The van der Waals surface area contributed by atoms with Gasteiger partial charge in [-0.3, -0.25) is 0 Å². The van der Waals surface area contributed by atoms with Crippen molar-refractivity contribution in [1.82, 2.24) is 0 Å². The topological polar surface area (TPSA) is 3.88 Å². The van der Waals surface area contributed by atoms with Crippen LogP contribution >= 0.6 is 0 Å². The Morgan fingerprint density at radius 1 is 0.636 bits per heavy atom. The Bertz CT molecular complexity index is 333. The predicted molar refractivity (Wildman–Crippen MR) is 97.0 cm³/mol. The van der Waals surface area contributed by atoms with Crippen molar-refractivity contribution < 1.29 is 4.57 Å². The Hall–Kier alpha value is -0.850. The number of rotatable bonds is 14. The zero-order valence-corrected chi connectivity index (χ0v) is 15.1. The first-order valence-electron chi connectivity index (χ1n) is 9.80. The quantitative estimate of drug-likeness (QED) is 0.268. The molecule has 22 heavy (non-hydrogen) atoms.